The Bertz CT molecular complexity index is 3400. The number of hydrogen-bond acceptors (Lipinski definition) is 22. The second kappa shape index (κ2) is 29.1. The van der Waals surface area contributed by atoms with Crippen molar-refractivity contribution in [2.24, 2.45) is 29.6 Å². The van der Waals surface area contributed by atoms with Crippen LogP contribution >= 0.6 is 16.9 Å². The van der Waals surface area contributed by atoms with Gasteiger partial charge in [0.2, 0.25) is 11.3 Å². The van der Waals surface area contributed by atoms with Crippen LogP contribution in [0.1, 0.15) is 110 Å². The summed E-state index contributed by atoms with van der Waals surface area (Å²) in [6.45, 7) is 20.1. The summed E-state index contributed by atoms with van der Waals surface area (Å²) in [5, 5.41) is 40.4. The number of nitrogens with one attached hydrogen (secondary N) is 2. The second-order valence-electron chi connectivity index (χ2n) is 23.0. The maximum Gasteiger partial charge on any atom is 0.312 e. The summed E-state index contributed by atoms with van der Waals surface area (Å²) in [6, 6.07) is 3.23. The highest BCUT2D eigenvalue weighted by atomic mass is 31.1. The average Bonchev–Trinajstić information content (AvgIpc) is 1.70. The number of aliphatic hydroxyl groups excluding tert-OH is 1. The van der Waals surface area contributed by atoms with Gasteiger partial charge in [0.1, 0.15) is 46.4 Å². The van der Waals surface area contributed by atoms with Crippen LogP contribution in [0, 0.1) is 36.5 Å². The van der Waals surface area contributed by atoms with Crippen molar-refractivity contribution < 1.29 is 86.1 Å². The minimum atomic E-state index is -2.16. The Hall–Kier alpha value is -7.36. The van der Waals surface area contributed by atoms with E-state index >= 15 is 9.59 Å². The Kier molecular flexibility index (Phi) is 22.5. The number of carbonyl (C=O) groups is 6. The number of hydrogen-bond donors (Lipinski definition) is 5. The van der Waals surface area contributed by atoms with Gasteiger partial charge < -0.3 is 63.7 Å². The minimum absolute atomic E-state index is 0.0156. The molecule has 4 aliphatic heterocycles. The maximum absolute atomic E-state index is 15.1. The molecule has 0 saturated carbocycles. The molecule has 1 aliphatic carbocycles. The number of methoxy groups -OCH3 is 1. The molecule has 2 amide bonds. The first-order chi connectivity index (χ1) is 41.2. The summed E-state index contributed by atoms with van der Waals surface area (Å²) < 4.78 is 64.1. The number of aliphatic hydroxyl groups is 1. The predicted molar refractivity (Wildman–Crippen MR) is 321 cm³/mol. The number of aromatic hydroxyl groups is 2. The third kappa shape index (κ3) is 15.3. The molecule has 9 atom stereocenters. The second-order valence-corrected chi connectivity index (χ2v) is 24.9. The number of amides is 2. The number of phenolic OH excluding ortho intramolecular Hbond substituents is 2. The largest absolute Gasteiger partial charge is 0.507 e. The molecule has 0 spiro atoms. The summed E-state index contributed by atoms with van der Waals surface area (Å²) in [6.07, 6.45) is 2.49. The first-order valence-corrected chi connectivity index (χ1v) is 30.7. The van der Waals surface area contributed by atoms with Gasteiger partial charge in [-0.25, -0.2) is 4.98 Å². The van der Waals surface area contributed by atoms with E-state index in [0.29, 0.717) is 24.7 Å². The number of carbonyl (C=O) groups excluding carboxylic acids is 6. The molecule has 4 bridgehead atoms. The fourth-order valence-corrected chi connectivity index (χ4v) is 11.9. The molecule has 1 fully saturated rings. The summed E-state index contributed by atoms with van der Waals surface area (Å²) in [7, 11) is 0.335. The number of fused-ring (bicyclic) bond motifs is 2. The van der Waals surface area contributed by atoms with E-state index in [4.69, 9.17) is 37.8 Å². The molecule has 1 saturated heterocycles. The SMILES string of the molecule is CO[C@H]1/C=C/O[C@@]2(C)Oc3c(C)c(O)c4c(=O)c(c5oc6cc(N7CCN(CC(C)C)CC7)cc(O)c6nc-5c4c3C2=O)NC(=O)/C(C)=C\C=C\[C@H](C)[C@H](OC(=O)CCCOC(=O)CCCC(=O)NC(P=O)P=O)[C@@H](C)[C@@H](O)[C@@H](C)[C@H](OC(C)=O)[C@@H]1C. The smallest absolute Gasteiger partial charge is 0.312 e. The van der Waals surface area contributed by atoms with Gasteiger partial charge in [0, 0.05) is 131 Å². The molecule has 4 heterocycles. The number of nitrogens with zero attached hydrogens (tertiary/aromatic N) is 3. The third-order valence-corrected chi connectivity index (χ3v) is 17.3. The van der Waals surface area contributed by atoms with Crippen LogP contribution in [-0.2, 0) is 56.8 Å². The van der Waals surface area contributed by atoms with Crippen molar-refractivity contribution in [2.75, 3.05) is 56.7 Å². The molecule has 0 radical (unpaired) electrons. The van der Waals surface area contributed by atoms with Crippen molar-refractivity contribution in [1.82, 2.24) is 15.2 Å². The lowest BCUT2D eigenvalue weighted by Gasteiger charge is -2.39. The van der Waals surface area contributed by atoms with Gasteiger partial charge in [0.15, 0.2) is 33.8 Å². The Morgan fingerprint density at radius 3 is 2.23 bits per heavy atom. The average molecular weight is 1250 g/mol. The number of anilines is 2. The zero-order chi connectivity index (χ0) is 63.8. The molecule has 5 N–H and O–H groups in total. The standard InChI is InChI=1S/C61H77N5O19P2/c1-30(2)29-65-21-23-66(24-22-65)38-27-39(68)48-41(28-38)83-57-49(63-48)45-46-52(73)36(8)56-47(45)58(75)61(10,85-56)81-26-20-40(79-11)33(5)55(82-37(9)67)35(7)51(72)34(6)54(31(3)15-12-16-32(4)59(76)64-50(57)53(46)74)84-44(71)19-14-25-80-43(70)18-13-17-42(69)62-60(86-77)87-78/h12,15-16,20,26-28,30-31,33-35,40,51,54-55,60,68,72-73H,13-14,17-19,21-25,29H2,1-11H3,(H,62,69)(H,64,76)/b15-12+,26-20+,32-16-/t31-,33+,34-,35+,40-,51+,54-,55+,61-/m0/s1. The zero-order valence-electron chi connectivity index (χ0n) is 50.7. The highest BCUT2D eigenvalue weighted by molar-refractivity contribution is 7.44. The van der Waals surface area contributed by atoms with E-state index in [2.05, 4.69) is 34.3 Å². The summed E-state index contributed by atoms with van der Waals surface area (Å²) >= 11 is 0. The van der Waals surface area contributed by atoms with Crippen molar-refractivity contribution in [3.05, 3.63) is 69.6 Å². The van der Waals surface area contributed by atoms with Gasteiger partial charge in [0.05, 0.1) is 36.0 Å². The van der Waals surface area contributed by atoms with Crippen LogP contribution in [0.4, 0.5) is 11.4 Å². The molecule has 0 unspecified atom stereocenters. The van der Waals surface area contributed by atoms with Crippen LogP contribution in [0.3, 0.4) is 0 Å². The van der Waals surface area contributed by atoms with Crippen LogP contribution in [0.5, 0.6) is 17.2 Å². The molecular weight excluding hydrogens is 1170 g/mol. The first-order valence-electron chi connectivity index (χ1n) is 29.0. The highest BCUT2D eigenvalue weighted by Gasteiger charge is 2.50. The Morgan fingerprint density at radius 1 is 0.897 bits per heavy atom. The highest BCUT2D eigenvalue weighted by Crippen LogP contribution is 2.51. The molecule has 5 aliphatic rings. The van der Waals surface area contributed by atoms with Gasteiger partial charge in [-0.15, -0.1) is 0 Å². The van der Waals surface area contributed by atoms with E-state index in [1.807, 2.05) is 0 Å². The van der Waals surface area contributed by atoms with Crippen molar-refractivity contribution in [2.45, 2.75) is 137 Å². The van der Waals surface area contributed by atoms with E-state index in [9.17, 15) is 48.4 Å². The molecule has 0 aromatic heterocycles. The van der Waals surface area contributed by atoms with Crippen LogP contribution in [-0.4, -0.2) is 143 Å². The number of esters is 3. The summed E-state index contributed by atoms with van der Waals surface area (Å²) in [5.41, 5.74) is -2.23. The number of piperazine rings is 1. The van der Waals surface area contributed by atoms with Crippen LogP contribution in [0.25, 0.3) is 33.3 Å². The molecule has 2 aromatic carbocycles. The van der Waals surface area contributed by atoms with Crippen molar-refractivity contribution >= 4 is 85.7 Å². The van der Waals surface area contributed by atoms with Gasteiger partial charge in [0.25, 0.3) is 11.7 Å². The fraction of sp³-hybridized carbons (Fsp3) is 0.541. The number of Topliss-reactive ketones (excluding diaryl/α,β-unsaturated/α-hetero) is 1. The topological polar surface area (TPSA) is 326 Å². The molecular formula is C61H77N5O19P2. The fourth-order valence-electron chi connectivity index (χ4n) is 11.3. The van der Waals surface area contributed by atoms with Gasteiger partial charge >= 0.3 is 23.7 Å². The van der Waals surface area contributed by atoms with E-state index < -0.39 is 134 Å². The Morgan fingerprint density at radius 2 is 1.57 bits per heavy atom. The molecule has 7 rings (SSSR count). The number of aromatic nitrogens is 1. The van der Waals surface area contributed by atoms with Crippen molar-refractivity contribution in [3.8, 4) is 28.7 Å². The number of rotatable bonds is 17. The number of benzene rings is 3. The summed E-state index contributed by atoms with van der Waals surface area (Å²) in [4.78, 5) is 105. The zero-order valence-corrected chi connectivity index (χ0v) is 52.5. The number of ether oxygens (including phenoxy) is 6. The number of allylic oxidation sites excluding steroid dienone is 2. The molecule has 24 nitrogen and oxygen atoms in total. The quantitative estimate of drug-likeness (QED) is 0.0165. The third-order valence-electron chi connectivity index (χ3n) is 16.1. The summed E-state index contributed by atoms with van der Waals surface area (Å²) in [5.74, 6) is -10.3. The Labute approximate surface area is 506 Å². The number of ketones is 1. The van der Waals surface area contributed by atoms with Crippen molar-refractivity contribution in [1.29, 1.82) is 0 Å². The van der Waals surface area contributed by atoms with Gasteiger partial charge in [-0.2, -0.15) is 0 Å². The minimum Gasteiger partial charge on any atom is -0.507 e. The molecule has 2 aromatic rings. The van der Waals surface area contributed by atoms with E-state index in [-0.39, 0.29) is 94.9 Å². The lowest BCUT2D eigenvalue weighted by Crippen LogP contribution is -2.47. The molecule has 87 heavy (non-hydrogen) atoms. The normalized spacial score (nSPS) is 25.9. The Balaban J connectivity index is 1.27. The van der Waals surface area contributed by atoms with Crippen LogP contribution in [0.2, 0.25) is 0 Å². The predicted octanol–water partition coefficient (Wildman–Crippen LogP) is 8.46. The lowest BCUT2D eigenvalue weighted by molar-refractivity contribution is -0.166. The van der Waals surface area contributed by atoms with E-state index in [1.165, 1.54) is 53.0 Å². The first kappa shape index (κ1) is 67.2. The number of phenols is 2. The molecule has 26 heteroatoms. The van der Waals surface area contributed by atoms with E-state index in [1.54, 1.807) is 45.9 Å². The molecule has 470 valence electrons. The van der Waals surface area contributed by atoms with Crippen molar-refractivity contribution in [3.63, 3.8) is 0 Å². The lowest BCUT2D eigenvalue weighted by atomic mass is 9.78. The van der Waals surface area contributed by atoms with Gasteiger partial charge in [-0.05, 0) is 38.7 Å². The monoisotopic (exact) mass is 1250 g/mol. The van der Waals surface area contributed by atoms with Crippen LogP contribution in [0.15, 0.2) is 57.5 Å². The van der Waals surface area contributed by atoms with Crippen LogP contribution < -0.4 is 25.7 Å². The maximum atomic E-state index is 15.1. The van der Waals surface area contributed by atoms with E-state index in [0.717, 1.165) is 25.9 Å². The van der Waals surface area contributed by atoms with Gasteiger partial charge in [-0.3, -0.25) is 47.6 Å². The van der Waals surface area contributed by atoms with Gasteiger partial charge in [-0.1, -0.05) is 59.8 Å².